The van der Waals surface area contributed by atoms with Gasteiger partial charge in [-0.1, -0.05) is 27.7 Å². The molecule has 1 aliphatic rings. The Balaban J connectivity index is 2.40. The first-order chi connectivity index (χ1) is 7.04. The van der Waals surface area contributed by atoms with Gasteiger partial charge in [0.25, 0.3) is 0 Å². The fourth-order valence-electron chi connectivity index (χ4n) is 2.15. The Kier molecular flexibility index (Phi) is 5.07. The summed E-state index contributed by atoms with van der Waals surface area (Å²) in [4.78, 5) is 0. The van der Waals surface area contributed by atoms with E-state index in [0.29, 0.717) is 17.6 Å². The zero-order valence-corrected chi connectivity index (χ0v) is 10.8. The van der Waals surface area contributed by atoms with Crippen LogP contribution < -0.4 is 5.32 Å². The molecular weight excluding hydrogens is 186 g/mol. The first-order valence-electron chi connectivity index (χ1n) is 6.39. The molecule has 1 aliphatic heterocycles. The Hall–Kier alpha value is -0.0800. The second-order valence-corrected chi connectivity index (χ2v) is 5.74. The maximum atomic E-state index is 5.72. The molecule has 1 saturated heterocycles. The van der Waals surface area contributed by atoms with Gasteiger partial charge in [-0.3, -0.25) is 0 Å². The van der Waals surface area contributed by atoms with E-state index in [4.69, 9.17) is 4.74 Å². The molecule has 0 saturated carbocycles. The van der Waals surface area contributed by atoms with Crippen LogP contribution in [0.15, 0.2) is 0 Å². The number of hydrogen-bond acceptors (Lipinski definition) is 2. The highest BCUT2D eigenvalue weighted by Crippen LogP contribution is 2.27. The molecule has 0 aliphatic carbocycles. The maximum Gasteiger partial charge on any atom is 0.0591 e. The number of rotatable bonds is 5. The third-order valence-electron chi connectivity index (χ3n) is 3.21. The van der Waals surface area contributed by atoms with Crippen LogP contribution in [0.4, 0.5) is 0 Å². The van der Waals surface area contributed by atoms with Crippen LogP contribution in [0.1, 0.15) is 53.4 Å². The molecule has 0 aromatic rings. The molecule has 1 heterocycles. The maximum absolute atomic E-state index is 5.72. The van der Waals surface area contributed by atoms with Crippen molar-refractivity contribution in [1.82, 2.24) is 5.32 Å². The second-order valence-electron chi connectivity index (χ2n) is 5.74. The highest BCUT2D eigenvalue weighted by atomic mass is 16.5. The summed E-state index contributed by atoms with van der Waals surface area (Å²) in [5.74, 6) is 0. The summed E-state index contributed by atoms with van der Waals surface area (Å²) < 4.78 is 5.72. The molecule has 0 spiro atoms. The predicted molar refractivity (Wildman–Crippen MR) is 65.1 cm³/mol. The Morgan fingerprint density at radius 2 is 2.13 bits per heavy atom. The summed E-state index contributed by atoms with van der Waals surface area (Å²) >= 11 is 0. The minimum absolute atomic E-state index is 0.334. The SMILES string of the molecule is CCCNC(CC1CCCO1)C(C)(C)C. The van der Waals surface area contributed by atoms with Crippen molar-refractivity contribution in [2.75, 3.05) is 13.2 Å². The zero-order chi connectivity index (χ0) is 11.3. The first kappa shape index (κ1) is 13.0. The smallest absolute Gasteiger partial charge is 0.0591 e. The molecule has 2 nitrogen and oxygen atoms in total. The van der Waals surface area contributed by atoms with E-state index < -0.39 is 0 Å². The number of ether oxygens (including phenoxy) is 1. The van der Waals surface area contributed by atoms with Crippen molar-refractivity contribution < 1.29 is 4.74 Å². The molecule has 0 radical (unpaired) electrons. The standard InChI is InChI=1S/C13H27NO/c1-5-8-14-12(13(2,3)4)10-11-7-6-9-15-11/h11-12,14H,5-10H2,1-4H3. The lowest BCUT2D eigenvalue weighted by molar-refractivity contribution is 0.0780. The van der Waals surface area contributed by atoms with E-state index in [-0.39, 0.29) is 0 Å². The van der Waals surface area contributed by atoms with Gasteiger partial charge in [0.2, 0.25) is 0 Å². The Morgan fingerprint density at radius 3 is 2.60 bits per heavy atom. The van der Waals surface area contributed by atoms with E-state index in [0.717, 1.165) is 13.2 Å². The summed E-state index contributed by atoms with van der Waals surface area (Å²) in [6.45, 7) is 11.3. The highest BCUT2D eigenvalue weighted by Gasteiger charge is 2.28. The van der Waals surface area contributed by atoms with E-state index >= 15 is 0 Å². The van der Waals surface area contributed by atoms with Crippen molar-refractivity contribution in [3.8, 4) is 0 Å². The van der Waals surface area contributed by atoms with Crippen LogP contribution in [0, 0.1) is 5.41 Å². The van der Waals surface area contributed by atoms with Gasteiger partial charge in [0.15, 0.2) is 0 Å². The van der Waals surface area contributed by atoms with Crippen molar-refractivity contribution in [1.29, 1.82) is 0 Å². The van der Waals surface area contributed by atoms with Crippen LogP contribution in [0.3, 0.4) is 0 Å². The lowest BCUT2D eigenvalue weighted by Gasteiger charge is -2.33. The average Bonchev–Trinajstić information content (AvgIpc) is 2.62. The van der Waals surface area contributed by atoms with Crippen LogP contribution >= 0.6 is 0 Å². The fraction of sp³-hybridized carbons (Fsp3) is 1.00. The van der Waals surface area contributed by atoms with Crippen LogP contribution in [0.2, 0.25) is 0 Å². The van der Waals surface area contributed by atoms with Gasteiger partial charge < -0.3 is 10.1 Å². The minimum atomic E-state index is 0.334. The normalized spacial score (nSPS) is 24.4. The van der Waals surface area contributed by atoms with Crippen molar-refractivity contribution >= 4 is 0 Å². The molecule has 0 aromatic carbocycles. The molecule has 0 amide bonds. The van der Waals surface area contributed by atoms with E-state index in [1.807, 2.05) is 0 Å². The van der Waals surface area contributed by atoms with Crippen molar-refractivity contribution in [3.05, 3.63) is 0 Å². The van der Waals surface area contributed by atoms with Gasteiger partial charge in [-0.15, -0.1) is 0 Å². The molecule has 2 heteroatoms. The zero-order valence-electron chi connectivity index (χ0n) is 10.8. The molecule has 2 atom stereocenters. The van der Waals surface area contributed by atoms with Gasteiger partial charge in [0.1, 0.15) is 0 Å². The second kappa shape index (κ2) is 5.86. The van der Waals surface area contributed by atoms with Crippen molar-refractivity contribution in [3.63, 3.8) is 0 Å². The molecular formula is C13H27NO. The van der Waals surface area contributed by atoms with Gasteiger partial charge in [0.05, 0.1) is 6.10 Å². The van der Waals surface area contributed by atoms with Gasteiger partial charge in [-0.2, -0.15) is 0 Å². The largest absolute Gasteiger partial charge is 0.378 e. The molecule has 0 aromatic heterocycles. The molecule has 1 N–H and O–H groups in total. The molecule has 1 fully saturated rings. The van der Waals surface area contributed by atoms with Crippen LogP contribution in [-0.4, -0.2) is 25.3 Å². The predicted octanol–water partition coefficient (Wildman–Crippen LogP) is 2.97. The van der Waals surface area contributed by atoms with Crippen LogP contribution in [-0.2, 0) is 4.74 Å². The average molecular weight is 213 g/mol. The summed E-state index contributed by atoms with van der Waals surface area (Å²) in [5, 5.41) is 3.66. The topological polar surface area (TPSA) is 21.3 Å². The molecule has 0 bridgehead atoms. The molecule has 15 heavy (non-hydrogen) atoms. The van der Waals surface area contributed by atoms with Gasteiger partial charge >= 0.3 is 0 Å². The first-order valence-corrected chi connectivity index (χ1v) is 6.39. The Bertz CT molecular complexity index is 168. The summed E-state index contributed by atoms with van der Waals surface area (Å²) in [6, 6.07) is 0.584. The van der Waals surface area contributed by atoms with Gasteiger partial charge in [-0.25, -0.2) is 0 Å². The highest BCUT2D eigenvalue weighted by molar-refractivity contribution is 4.84. The summed E-state index contributed by atoms with van der Waals surface area (Å²) in [6.07, 6.45) is 5.37. The third kappa shape index (κ3) is 4.52. The lowest BCUT2D eigenvalue weighted by atomic mass is 9.83. The monoisotopic (exact) mass is 213 g/mol. The molecule has 1 rings (SSSR count). The Morgan fingerprint density at radius 1 is 1.40 bits per heavy atom. The quantitative estimate of drug-likeness (QED) is 0.758. The van der Waals surface area contributed by atoms with Gasteiger partial charge in [-0.05, 0) is 37.6 Å². The van der Waals surface area contributed by atoms with Crippen molar-refractivity contribution in [2.45, 2.75) is 65.5 Å². The Labute approximate surface area is 94.8 Å². The van der Waals surface area contributed by atoms with E-state index in [1.165, 1.54) is 25.7 Å². The number of nitrogens with one attached hydrogen (secondary N) is 1. The van der Waals surface area contributed by atoms with E-state index in [9.17, 15) is 0 Å². The van der Waals surface area contributed by atoms with E-state index in [2.05, 4.69) is 33.0 Å². The van der Waals surface area contributed by atoms with Crippen molar-refractivity contribution in [2.24, 2.45) is 5.41 Å². The summed E-state index contributed by atoms with van der Waals surface area (Å²) in [5.41, 5.74) is 0.334. The summed E-state index contributed by atoms with van der Waals surface area (Å²) in [7, 11) is 0. The lowest BCUT2D eigenvalue weighted by Crippen LogP contribution is -2.42. The van der Waals surface area contributed by atoms with Crippen LogP contribution in [0.5, 0.6) is 0 Å². The van der Waals surface area contributed by atoms with E-state index in [1.54, 1.807) is 0 Å². The third-order valence-corrected chi connectivity index (χ3v) is 3.21. The minimum Gasteiger partial charge on any atom is -0.378 e. The van der Waals surface area contributed by atoms with Gasteiger partial charge in [0, 0.05) is 12.6 Å². The molecule has 2 unspecified atom stereocenters. The fourth-order valence-corrected chi connectivity index (χ4v) is 2.15. The number of hydrogen-bond donors (Lipinski definition) is 1. The van der Waals surface area contributed by atoms with Crippen LogP contribution in [0.25, 0.3) is 0 Å². The molecule has 90 valence electrons.